The van der Waals surface area contributed by atoms with Crippen LogP contribution in [0.1, 0.15) is 0 Å². The molecule has 0 radical (unpaired) electrons. The number of aromatic amines is 1. The zero-order valence-corrected chi connectivity index (χ0v) is 15.8. The van der Waals surface area contributed by atoms with Gasteiger partial charge >= 0.3 is 0 Å². The maximum absolute atomic E-state index is 13.3. The molecule has 0 saturated heterocycles. The van der Waals surface area contributed by atoms with Crippen LogP contribution in [0.3, 0.4) is 0 Å². The lowest BCUT2D eigenvalue weighted by Crippen LogP contribution is -2.19. The SMILES string of the molecule is O=c1c2cc(-c3ccccc3)sc2[nH]c(=S)n1-c1cccc2ccccc12. The van der Waals surface area contributed by atoms with Gasteiger partial charge in [-0.05, 0) is 35.3 Å². The van der Waals surface area contributed by atoms with Crippen molar-refractivity contribution in [3.8, 4) is 16.1 Å². The Bertz CT molecular complexity index is 1410. The average molecular weight is 387 g/mol. The summed E-state index contributed by atoms with van der Waals surface area (Å²) in [6.45, 7) is 0. The van der Waals surface area contributed by atoms with Gasteiger partial charge in [-0.3, -0.25) is 9.36 Å². The molecule has 5 heteroatoms. The van der Waals surface area contributed by atoms with Gasteiger partial charge in [0.1, 0.15) is 4.83 Å². The highest BCUT2D eigenvalue weighted by atomic mass is 32.1. The van der Waals surface area contributed by atoms with Crippen LogP contribution in [0.4, 0.5) is 0 Å². The Morgan fingerprint density at radius 2 is 1.59 bits per heavy atom. The molecule has 5 aromatic rings. The van der Waals surface area contributed by atoms with E-state index in [2.05, 4.69) is 4.98 Å². The van der Waals surface area contributed by atoms with Crippen molar-refractivity contribution in [3.05, 3.63) is 94.0 Å². The van der Waals surface area contributed by atoms with Crippen molar-refractivity contribution in [3.63, 3.8) is 0 Å². The van der Waals surface area contributed by atoms with Crippen molar-refractivity contribution in [2.24, 2.45) is 0 Å². The molecule has 0 amide bonds. The molecule has 2 heterocycles. The van der Waals surface area contributed by atoms with Crippen molar-refractivity contribution in [2.75, 3.05) is 0 Å². The minimum atomic E-state index is -0.0939. The van der Waals surface area contributed by atoms with Gasteiger partial charge in [-0.15, -0.1) is 11.3 Å². The number of fused-ring (bicyclic) bond motifs is 2. The number of hydrogen-bond acceptors (Lipinski definition) is 3. The molecule has 2 aromatic heterocycles. The number of benzene rings is 3. The lowest BCUT2D eigenvalue weighted by Gasteiger charge is -2.09. The molecule has 0 bridgehead atoms. The van der Waals surface area contributed by atoms with Crippen molar-refractivity contribution >= 4 is 44.5 Å². The van der Waals surface area contributed by atoms with E-state index in [-0.39, 0.29) is 5.56 Å². The predicted molar refractivity (Wildman–Crippen MR) is 116 cm³/mol. The molecule has 5 rings (SSSR count). The molecule has 0 atom stereocenters. The highest BCUT2D eigenvalue weighted by Gasteiger charge is 2.13. The third kappa shape index (κ3) is 2.63. The first-order valence-electron chi connectivity index (χ1n) is 8.55. The van der Waals surface area contributed by atoms with E-state index in [1.54, 1.807) is 15.9 Å². The fraction of sp³-hybridized carbons (Fsp3) is 0. The topological polar surface area (TPSA) is 37.8 Å². The van der Waals surface area contributed by atoms with E-state index < -0.39 is 0 Å². The molecular weight excluding hydrogens is 372 g/mol. The van der Waals surface area contributed by atoms with E-state index in [9.17, 15) is 4.79 Å². The molecule has 0 unspecified atom stereocenters. The van der Waals surface area contributed by atoms with Crippen LogP contribution in [0.15, 0.2) is 83.7 Å². The van der Waals surface area contributed by atoms with Gasteiger partial charge in [0.2, 0.25) is 0 Å². The van der Waals surface area contributed by atoms with E-state index in [1.165, 1.54) is 0 Å². The van der Waals surface area contributed by atoms with Crippen LogP contribution in [0, 0.1) is 4.77 Å². The number of nitrogens with one attached hydrogen (secondary N) is 1. The van der Waals surface area contributed by atoms with E-state index in [1.807, 2.05) is 78.9 Å². The quantitative estimate of drug-likeness (QED) is 0.382. The molecule has 0 spiro atoms. The zero-order chi connectivity index (χ0) is 18.4. The standard InChI is InChI=1S/C22H14N2OS2/c25-21-17-13-19(15-8-2-1-3-9-15)27-20(17)23-22(26)24(21)18-12-6-10-14-7-4-5-11-16(14)18/h1-13H,(H,23,26). The molecular formula is C22H14N2OS2. The molecule has 3 aromatic carbocycles. The molecule has 27 heavy (non-hydrogen) atoms. The molecule has 130 valence electrons. The third-order valence-electron chi connectivity index (χ3n) is 4.65. The van der Waals surface area contributed by atoms with Gasteiger partial charge in [0.05, 0.1) is 11.1 Å². The van der Waals surface area contributed by atoms with E-state index in [0.29, 0.717) is 10.2 Å². The van der Waals surface area contributed by atoms with Gasteiger partial charge in [-0.1, -0.05) is 66.7 Å². The summed E-state index contributed by atoms with van der Waals surface area (Å²) in [5, 5.41) is 2.73. The minimum absolute atomic E-state index is 0.0939. The van der Waals surface area contributed by atoms with Crippen LogP contribution in [0.2, 0.25) is 0 Å². The summed E-state index contributed by atoms with van der Waals surface area (Å²) < 4.78 is 2.01. The molecule has 0 saturated carbocycles. The zero-order valence-electron chi connectivity index (χ0n) is 14.2. The van der Waals surface area contributed by atoms with Crippen LogP contribution >= 0.6 is 23.6 Å². The Kier molecular flexibility index (Phi) is 3.77. The van der Waals surface area contributed by atoms with Crippen molar-refractivity contribution in [1.82, 2.24) is 9.55 Å². The molecule has 0 aliphatic heterocycles. The fourth-order valence-electron chi connectivity index (χ4n) is 3.38. The smallest absolute Gasteiger partial charge is 0.267 e. The van der Waals surface area contributed by atoms with Crippen LogP contribution in [0.25, 0.3) is 37.1 Å². The Balaban J connectivity index is 1.81. The van der Waals surface area contributed by atoms with Crippen LogP contribution in [-0.2, 0) is 0 Å². The first kappa shape index (κ1) is 16.2. The van der Waals surface area contributed by atoms with Crippen LogP contribution in [-0.4, -0.2) is 9.55 Å². The van der Waals surface area contributed by atoms with Gasteiger partial charge in [-0.25, -0.2) is 0 Å². The average Bonchev–Trinajstić information content (AvgIpc) is 3.13. The predicted octanol–water partition coefficient (Wildman–Crippen LogP) is 5.93. The van der Waals surface area contributed by atoms with E-state index >= 15 is 0 Å². The highest BCUT2D eigenvalue weighted by molar-refractivity contribution is 7.71. The van der Waals surface area contributed by atoms with Crippen LogP contribution < -0.4 is 5.56 Å². The normalized spacial score (nSPS) is 11.3. The van der Waals surface area contributed by atoms with Gasteiger partial charge < -0.3 is 4.98 Å². The molecule has 1 N–H and O–H groups in total. The summed E-state index contributed by atoms with van der Waals surface area (Å²) in [5.74, 6) is 0. The molecule has 3 nitrogen and oxygen atoms in total. The molecule has 0 fully saturated rings. The summed E-state index contributed by atoms with van der Waals surface area (Å²) in [7, 11) is 0. The van der Waals surface area contributed by atoms with Gasteiger partial charge in [0.15, 0.2) is 4.77 Å². The molecule has 0 aliphatic carbocycles. The second-order valence-electron chi connectivity index (χ2n) is 6.29. The Labute approximate surface area is 164 Å². The lowest BCUT2D eigenvalue weighted by atomic mass is 10.1. The highest BCUT2D eigenvalue weighted by Crippen LogP contribution is 2.31. The second kappa shape index (κ2) is 6.30. The second-order valence-corrected chi connectivity index (χ2v) is 7.73. The molecule has 0 aliphatic rings. The first-order chi connectivity index (χ1) is 13.2. The van der Waals surface area contributed by atoms with Gasteiger partial charge in [0, 0.05) is 10.3 Å². The number of rotatable bonds is 2. The summed E-state index contributed by atoms with van der Waals surface area (Å²) >= 11 is 7.10. The third-order valence-corrected chi connectivity index (χ3v) is 6.04. The van der Waals surface area contributed by atoms with Crippen molar-refractivity contribution in [1.29, 1.82) is 0 Å². The largest absolute Gasteiger partial charge is 0.323 e. The Morgan fingerprint density at radius 3 is 2.44 bits per heavy atom. The Morgan fingerprint density at radius 1 is 0.852 bits per heavy atom. The number of thiophene rings is 1. The Hall–Kier alpha value is -3.02. The summed E-state index contributed by atoms with van der Waals surface area (Å²) in [5.41, 5.74) is 1.80. The minimum Gasteiger partial charge on any atom is -0.323 e. The maximum atomic E-state index is 13.3. The van der Waals surface area contributed by atoms with Crippen molar-refractivity contribution < 1.29 is 0 Å². The van der Waals surface area contributed by atoms with Crippen LogP contribution in [0.5, 0.6) is 0 Å². The van der Waals surface area contributed by atoms with Crippen molar-refractivity contribution in [2.45, 2.75) is 0 Å². The number of nitrogens with zero attached hydrogens (tertiary/aromatic N) is 1. The monoisotopic (exact) mass is 386 g/mol. The van der Waals surface area contributed by atoms with Gasteiger partial charge in [0.25, 0.3) is 5.56 Å². The fourth-order valence-corrected chi connectivity index (χ4v) is 4.78. The summed E-state index contributed by atoms with van der Waals surface area (Å²) in [4.78, 5) is 18.4. The first-order valence-corrected chi connectivity index (χ1v) is 9.77. The number of H-pyrrole nitrogens is 1. The van der Waals surface area contributed by atoms with E-state index in [0.717, 1.165) is 31.7 Å². The summed E-state index contributed by atoms with van der Waals surface area (Å²) in [6.07, 6.45) is 0. The number of hydrogen-bond donors (Lipinski definition) is 1. The number of aromatic nitrogens is 2. The van der Waals surface area contributed by atoms with E-state index in [4.69, 9.17) is 12.2 Å². The maximum Gasteiger partial charge on any atom is 0.267 e. The lowest BCUT2D eigenvalue weighted by molar-refractivity contribution is 0.951. The summed E-state index contributed by atoms with van der Waals surface area (Å²) in [6, 6.07) is 25.9. The van der Waals surface area contributed by atoms with Gasteiger partial charge in [-0.2, -0.15) is 0 Å².